The third-order valence-electron chi connectivity index (χ3n) is 12.7. The summed E-state index contributed by atoms with van der Waals surface area (Å²) < 4.78 is 77.0. The summed E-state index contributed by atoms with van der Waals surface area (Å²) >= 11 is 0. The van der Waals surface area contributed by atoms with Gasteiger partial charge in [0.1, 0.15) is 64.3 Å². The molecule has 2 heterocycles. The zero-order chi connectivity index (χ0) is 63.7. The van der Waals surface area contributed by atoms with Gasteiger partial charge in [-0.3, -0.25) is 14.9 Å². The first-order valence-electron chi connectivity index (χ1n) is 27.4. The minimum absolute atomic E-state index is 0.00586. The van der Waals surface area contributed by atoms with Gasteiger partial charge in [0.2, 0.25) is 16.3 Å². The Hall–Kier alpha value is -5.74. The van der Waals surface area contributed by atoms with E-state index in [0.29, 0.717) is 0 Å². The number of nitro benzene ring substituents is 1. The molecule has 0 aromatic heterocycles. The van der Waals surface area contributed by atoms with Crippen molar-refractivity contribution in [2.45, 2.75) is 222 Å². The second kappa shape index (κ2) is 28.6. The number of hydrogen-bond donors (Lipinski definition) is 10. The normalized spacial score (nSPS) is 26.7. The molecule has 2 aliphatic heterocycles. The number of nitrogens with zero attached hydrogens (tertiary/aromatic N) is 3. The molecule has 1 aliphatic carbocycles. The van der Waals surface area contributed by atoms with E-state index in [4.69, 9.17) is 43.6 Å². The number of nitrogens with one attached hydrogen (secondary N) is 4. The molecule has 1 aromatic rings. The fraction of sp³-hybridized carbons (Fsp3) is 0.755. The summed E-state index contributed by atoms with van der Waals surface area (Å²) in [4.78, 5) is 78.8. The lowest BCUT2D eigenvalue weighted by Crippen LogP contribution is -2.71. The molecule has 2 fully saturated rings. The standard InChI is InChI=1S/C53H88N8O22S/c1-49(2,3)80-45(67)55-26-35(63)42(66)56-32-24-33(58-47(69)82-51(7,8)9)40(37(64)39(32)79-44-38(65)41(53(13,71)28-76-44)59(14)48(70)83-52(10,11)12)78-43-31(57-46(68)81-50(4,5)6)22-21-30(77-43)27-60(23-17-18-29(62)25-54)84(74,75)36-20-16-15-19-34(36)61(72)73/h15-16,19-21,29,31-33,35,37-41,43-44,62-65,71H,17-18,22-28,54H2,1-14H3,(H,55,67)(H,56,66)(H,57,68)(H,58,69)/t29?,31-,32-,33+,35+,37-,38-,39+,40-,41-,43-,44-,53+/m1/s1. The number of nitro groups is 1. The maximum atomic E-state index is 14.5. The minimum Gasteiger partial charge on any atom is -0.466 e. The molecule has 1 saturated carbocycles. The Bertz CT molecular complexity index is 2580. The number of sulfonamides is 1. The average molecular weight is 1220 g/mol. The SMILES string of the molecule is CN(C(=O)OC(C)(C)C)[C@@H]1[C@@H](O)[C@@H](O[C@@H]2[C@@H](O)[C@H](O[C@H]3OC(CN(CCCC(O)CN)S(=O)(=O)c4ccccc4[N+](=O)[O-])=CC[C@H]3NC(=O)OC(C)(C)C)[C@@H](NC(=O)OC(C)(C)C)C[C@H]2NC(=O)[C@@H](O)CNC(=O)OC(C)(C)C)OC[C@]1(C)O. The van der Waals surface area contributed by atoms with Crippen LogP contribution in [-0.4, -0.2) is 220 Å². The first-order valence-corrected chi connectivity index (χ1v) is 28.8. The van der Waals surface area contributed by atoms with E-state index in [0.717, 1.165) is 21.3 Å². The molecule has 0 bridgehead atoms. The molecule has 1 aromatic carbocycles. The lowest BCUT2D eigenvalue weighted by molar-refractivity contribution is -0.387. The maximum absolute atomic E-state index is 14.5. The number of likely N-dealkylation sites (N-methyl/N-ethyl adjacent to an activating group) is 1. The second-order valence-corrected chi connectivity index (χ2v) is 26.9. The molecule has 478 valence electrons. The first kappa shape index (κ1) is 70.7. The van der Waals surface area contributed by atoms with Crippen molar-refractivity contribution in [1.29, 1.82) is 0 Å². The van der Waals surface area contributed by atoms with E-state index in [2.05, 4.69) is 21.3 Å². The van der Waals surface area contributed by atoms with Gasteiger partial charge in [0.25, 0.3) is 11.6 Å². The highest BCUT2D eigenvalue weighted by Crippen LogP contribution is 2.36. The van der Waals surface area contributed by atoms with Crippen molar-refractivity contribution in [2.75, 3.05) is 39.8 Å². The zero-order valence-corrected chi connectivity index (χ0v) is 51.0. The summed E-state index contributed by atoms with van der Waals surface area (Å²) in [6.07, 6.45) is -17.6. The number of carbonyl (C=O) groups is 5. The average Bonchev–Trinajstić information content (AvgIpc) is 1.46. The van der Waals surface area contributed by atoms with E-state index < -0.39 is 183 Å². The van der Waals surface area contributed by atoms with Gasteiger partial charge in [-0.25, -0.2) is 27.6 Å². The number of ether oxygens (including phenoxy) is 8. The molecule has 0 radical (unpaired) electrons. The van der Waals surface area contributed by atoms with Crippen LogP contribution in [0.15, 0.2) is 41.0 Å². The molecule has 11 N–H and O–H groups in total. The Morgan fingerprint density at radius 3 is 1.88 bits per heavy atom. The van der Waals surface area contributed by atoms with Crippen LogP contribution in [0.3, 0.4) is 0 Å². The lowest BCUT2D eigenvalue weighted by atomic mass is 9.82. The lowest BCUT2D eigenvalue weighted by Gasteiger charge is -2.50. The predicted molar refractivity (Wildman–Crippen MR) is 297 cm³/mol. The summed E-state index contributed by atoms with van der Waals surface area (Å²) in [7, 11) is -3.51. The van der Waals surface area contributed by atoms with Gasteiger partial charge < -0.3 is 95.3 Å². The minimum atomic E-state index is -4.76. The van der Waals surface area contributed by atoms with E-state index in [1.54, 1.807) is 83.1 Å². The van der Waals surface area contributed by atoms with Crippen molar-refractivity contribution < 1.29 is 101 Å². The molecule has 1 saturated heterocycles. The molecule has 30 nitrogen and oxygen atoms in total. The number of hydrogen-bond acceptors (Lipinski definition) is 23. The highest BCUT2D eigenvalue weighted by molar-refractivity contribution is 7.89. The van der Waals surface area contributed by atoms with Crippen LogP contribution in [0.4, 0.5) is 24.9 Å². The predicted octanol–water partition coefficient (Wildman–Crippen LogP) is 1.71. The van der Waals surface area contributed by atoms with Gasteiger partial charge in [0.05, 0.1) is 54.9 Å². The largest absolute Gasteiger partial charge is 0.466 e. The van der Waals surface area contributed by atoms with Crippen molar-refractivity contribution in [3.05, 3.63) is 46.2 Å². The molecule has 3 aliphatic rings. The summed E-state index contributed by atoms with van der Waals surface area (Å²) in [5.74, 6) is -1.31. The van der Waals surface area contributed by atoms with E-state index in [-0.39, 0.29) is 38.1 Å². The number of para-hydroxylation sites is 1. The van der Waals surface area contributed by atoms with Crippen molar-refractivity contribution >= 4 is 46.0 Å². The number of rotatable bonds is 21. The highest BCUT2D eigenvalue weighted by Gasteiger charge is 2.55. The number of nitrogens with two attached hydrogens (primary N) is 1. The van der Waals surface area contributed by atoms with Gasteiger partial charge in [-0.1, -0.05) is 12.1 Å². The van der Waals surface area contributed by atoms with Crippen LogP contribution >= 0.6 is 0 Å². The van der Waals surface area contributed by atoms with Crippen LogP contribution in [0.1, 0.15) is 116 Å². The quantitative estimate of drug-likeness (QED) is 0.0476. The summed E-state index contributed by atoms with van der Waals surface area (Å²) in [5, 5.41) is 80.1. The van der Waals surface area contributed by atoms with Gasteiger partial charge >= 0.3 is 24.4 Å². The summed E-state index contributed by atoms with van der Waals surface area (Å²) in [6, 6.07) is -1.16. The number of aliphatic hydroxyl groups excluding tert-OH is 4. The van der Waals surface area contributed by atoms with Gasteiger partial charge in [-0.05, 0) is 128 Å². The number of alkyl carbamates (subject to hydrolysis) is 3. The van der Waals surface area contributed by atoms with E-state index in [1.807, 2.05) is 0 Å². The fourth-order valence-electron chi connectivity index (χ4n) is 9.14. The highest BCUT2D eigenvalue weighted by atomic mass is 32.2. The van der Waals surface area contributed by atoms with E-state index in [9.17, 15) is 68.0 Å². The smallest absolute Gasteiger partial charge is 0.410 e. The molecule has 4 rings (SSSR count). The van der Waals surface area contributed by atoms with Gasteiger partial charge in [-0.15, -0.1) is 0 Å². The molecule has 13 atom stereocenters. The number of benzene rings is 1. The van der Waals surface area contributed by atoms with E-state index >= 15 is 0 Å². The molecule has 31 heteroatoms. The van der Waals surface area contributed by atoms with Crippen LogP contribution in [0.5, 0.6) is 0 Å². The first-order chi connectivity index (χ1) is 38.5. The topological polar surface area (TPSA) is 418 Å². The fourth-order valence-corrected chi connectivity index (χ4v) is 10.7. The van der Waals surface area contributed by atoms with Crippen LogP contribution in [0.25, 0.3) is 0 Å². The Balaban J connectivity index is 1.87. The Morgan fingerprint density at radius 2 is 1.33 bits per heavy atom. The monoisotopic (exact) mass is 1220 g/mol. The van der Waals surface area contributed by atoms with E-state index in [1.165, 1.54) is 32.2 Å². The number of aliphatic hydroxyl groups is 5. The number of carbonyl (C=O) groups excluding carboxylic acids is 5. The van der Waals surface area contributed by atoms with Gasteiger partial charge in [-0.2, -0.15) is 4.31 Å². The summed E-state index contributed by atoms with van der Waals surface area (Å²) in [6.45, 7) is 17.9. The van der Waals surface area contributed by atoms with Gasteiger partial charge in [0.15, 0.2) is 11.2 Å². The van der Waals surface area contributed by atoms with Gasteiger partial charge in [0, 0.05) is 26.2 Å². The van der Waals surface area contributed by atoms with Crippen LogP contribution in [0.2, 0.25) is 0 Å². The van der Waals surface area contributed by atoms with Crippen LogP contribution < -0.4 is 27.0 Å². The third-order valence-corrected chi connectivity index (χ3v) is 14.6. The van der Waals surface area contributed by atoms with Crippen molar-refractivity contribution in [1.82, 2.24) is 30.5 Å². The Morgan fingerprint density at radius 1 is 0.810 bits per heavy atom. The van der Waals surface area contributed by atoms with Crippen LogP contribution in [-0.2, 0) is 52.7 Å². The third kappa shape index (κ3) is 21.0. The Kier molecular flexibility index (Phi) is 24.1. The van der Waals surface area contributed by atoms with Crippen molar-refractivity contribution in [3.63, 3.8) is 0 Å². The van der Waals surface area contributed by atoms with Crippen molar-refractivity contribution in [3.8, 4) is 0 Å². The second-order valence-electron chi connectivity index (χ2n) is 25.0. The summed E-state index contributed by atoms with van der Waals surface area (Å²) in [5.41, 5.74) is -1.23. The molecule has 5 amide bonds. The Labute approximate surface area is 489 Å². The molecule has 84 heavy (non-hydrogen) atoms. The maximum Gasteiger partial charge on any atom is 0.410 e. The molecule has 0 spiro atoms. The molecule has 1 unspecified atom stereocenters. The molecular formula is C53H88N8O22S. The van der Waals surface area contributed by atoms with Crippen LogP contribution in [0, 0.1) is 10.1 Å². The van der Waals surface area contributed by atoms with Crippen molar-refractivity contribution in [2.24, 2.45) is 5.73 Å². The molecular weight excluding hydrogens is 1130 g/mol. The zero-order valence-electron chi connectivity index (χ0n) is 50.2. The number of amides is 5.